The molecule has 0 aliphatic carbocycles. The van der Waals surface area contributed by atoms with Gasteiger partial charge in [-0.2, -0.15) is 0 Å². The summed E-state index contributed by atoms with van der Waals surface area (Å²) >= 11 is 0. The quantitative estimate of drug-likeness (QED) is 0.722. The number of para-hydroxylation sites is 2. The normalized spacial score (nSPS) is 16.6. The second-order valence-electron chi connectivity index (χ2n) is 6.77. The molecule has 7 nitrogen and oxygen atoms in total. The number of likely N-dealkylation sites (N-methyl/N-ethyl adjacent to an activating group) is 1. The van der Waals surface area contributed by atoms with Crippen molar-refractivity contribution in [1.82, 2.24) is 19.4 Å². The monoisotopic (exact) mass is 351 g/mol. The van der Waals surface area contributed by atoms with Crippen molar-refractivity contribution in [3.63, 3.8) is 0 Å². The van der Waals surface area contributed by atoms with Crippen LogP contribution in [-0.2, 0) is 7.05 Å². The molecule has 3 heterocycles. The highest BCUT2D eigenvalue weighted by Crippen LogP contribution is 2.34. The van der Waals surface area contributed by atoms with E-state index in [-0.39, 0.29) is 12.0 Å². The highest BCUT2D eigenvalue weighted by molar-refractivity contribution is 6.13. The summed E-state index contributed by atoms with van der Waals surface area (Å²) in [6.45, 7) is 1.22. The van der Waals surface area contributed by atoms with E-state index in [1.807, 2.05) is 50.0 Å². The molecule has 1 aliphatic heterocycles. The van der Waals surface area contributed by atoms with Crippen LogP contribution in [0.4, 0.5) is 5.69 Å². The molecule has 0 spiro atoms. The molecule has 1 atom stereocenters. The van der Waals surface area contributed by atoms with Crippen LogP contribution in [0.1, 0.15) is 10.4 Å². The maximum atomic E-state index is 13.4. The zero-order valence-corrected chi connectivity index (χ0v) is 15.1. The summed E-state index contributed by atoms with van der Waals surface area (Å²) in [4.78, 5) is 25.9. The first kappa shape index (κ1) is 16.5. The van der Waals surface area contributed by atoms with Crippen molar-refractivity contribution >= 4 is 22.8 Å². The van der Waals surface area contributed by atoms with Gasteiger partial charge in [0.25, 0.3) is 5.91 Å². The SMILES string of the molecule is CN(C)CC1CN(C(=O)c2ccnc3c2ncn3C)c2ccccc2O1. The number of fused-ring (bicyclic) bond motifs is 2. The Labute approximate surface area is 151 Å². The Morgan fingerprint density at radius 1 is 1.27 bits per heavy atom. The molecule has 1 aliphatic rings. The van der Waals surface area contributed by atoms with Crippen molar-refractivity contribution < 1.29 is 9.53 Å². The number of amides is 1. The summed E-state index contributed by atoms with van der Waals surface area (Å²) in [6.07, 6.45) is 3.24. The van der Waals surface area contributed by atoms with Gasteiger partial charge in [0.2, 0.25) is 0 Å². The molecule has 1 aromatic carbocycles. The van der Waals surface area contributed by atoms with Gasteiger partial charge in [0.05, 0.1) is 24.1 Å². The lowest BCUT2D eigenvalue weighted by molar-refractivity contribution is 0.0942. The standard InChI is InChI=1S/C19H21N5O2/c1-22(2)10-13-11-24(15-6-4-5-7-16(15)26-13)19(25)14-8-9-20-18-17(14)21-12-23(18)3/h4-9,12-13H,10-11H2,1-3H3. The van der Waals surface area contributed by atoms with Crippen molar-refractivity contribution in [3.8, 4) is 5.75 Å². The molecule has 0 fully saturated rings. The molecule has 134 valence electrons. The molecule has 7 heteroatoms. The van der Waals surface area contributed by atoms with Gasteiger partial charge in [-0.1, -0.05) is 12.1 Å². The minimum Gasteiger partial charge on any atom is -0.485 e. The molecule has 4 rings (SSSR count). The minimum atomic E-state index is -0.0927. The van der Waals surface area contributed by atoms with E-state index in [1.54, 1.807) is 23.5 Å². The Kier molecular flexibility index (Phi) is 4.08. The lowest BCUT2D eigenvalue weighted by Gasteiger charge is -2.36. The Balaban J connectivity index is 1.76. The number of nitrogens with zero attached hydrogens (tertiary/aromatic N) is 5. The first-order chi connectivity index (χ1) is 12.5. The van der Waals surface area contributed by atoms with Crippen LogP contribution < -0.4 is 9.64 Å². The Bertz CT molecular complexity index is 965. The van der Waals surface area contributed by atoms with Crippen molar-refractivity contribution in [3.05, 3.63) is 48.4 Å². The number of pyridine rings is 1. The topological polar surface area (TPSA) is 63.5 Å². The Morgan fingerprint density at radius 3 is 2.88 bits per heavy atom. The van der Waals surface area contributed by atoms with Crippen molar-refractivity contribution in [2.45, 2.75) is 6.10 Å². The third-order valence-electron chi connectivity index (χ3n) is 4.48. The second-order valence-corrected chi connectivity index (χ2v) is 6.77. The number of rotatable bonds is 3. The summed E-state index contributed by atoms with van der Waals surface area (Å²) in [5, 5.41) is 0. The Hall–Kier alpha value is -2.93. The molecule has 0 radical (unpaired) electrons. The van der Waals surface area contributed by atoms with Gasteiger partial charge in [-0.15, -0.1) is 0 Å². The maximum absolute atomic E-state index is 13.4. The molecule has 0 N–H and O–H groups in total. The lowest BCUT2D eigenvalue weighted by Crippen LogP contribution is -2.47. The second kappa shape index (κ2) is 6.42. The molecule has 0 bridgehead atoms. The molecule has 0 saturated heterocycles. The van der Waals surface area contributed by atoms with E-state index in [0.717, 1.165) is 18.0 Å². The Morgan fingerprint density at radius 2 is 2.08 bits per heavy atom. The number of anilines is 1. The number of ether oxygens (including phenoxy) is 1. The summed E-state index contributed by atoms with van der Waals surface area (Å²) in [5.74, 6) is 0.640. The lowest BCUT2D eigenvalue weighted by atomic mass is 10.1. The van der Waals surface area contributed by atoms with Crippen LogP contribution in [0.25, 0.3) is 11.2 Å². The number of imidazole rings is 1. The van der Waals surface area contributed by atoms with Gasteiger partial charge in [0.1, 0.15) is 17.4 Å². The van der Waals surface area contributed by atoms with E-state index in [2.05, 4.69) is 14.9 Å². The molecule has 26 heavy (non-hydrogen) atoms. The average Bonchev–Trinajstić information content (AvgIpc) is 3.01. The number of aromatic nitrogens is 3. The van der Waals surface area contributed by atoms with E-state index in [9.17, 15) is 4.79 Å². The first-order valence-electron chi connectivity index (χ1n) is 8.53. The van der Waals surface area contributed by atoms with Gasteiger partial charge in [-0.3, -0.25) is 4.79 Å². The van der Waals surface area contributed by atoms with Gasteiger partial charge in [0.15, 0.2) is 5.65 Å². The third-order valence-corrected chi connectivity index (χ3v) is 4.48. The summed E-state index contributed by atoms with van der Waals surface area (Å²) in [5.41, 5.74) is 2.65. The predicted octanol–water partition coefficient (Wildman–Crippen LogP) is 1.94. The molecule has 3 aromatic rings. The van der Waals surface area contributed by atoms with Crippen LogP contribution in [-0.4, -0.2) is 58.6 Å². The van der Waals surface area contributed by atoms with Gasteiger partial charge in [-0.05, 0) is 32.3 Å². The van der Waals surface area contributed by atoms with Crippen LogP contribution in [0, 0.1) is 0 Å². The molecular formula is C19H21N5O2. The fraction of sp³-hybridized carbons (Fsp3) is 0.316. The van der Waals surface area contributed by atoms with E-state index < -0.39 is 0 Å². The van der Waals surface area contributed by atoms with Gasteiger partial charge in [0, 0.05) is 19.8 Å². The molecule has 1 amide bonds. The van der Waals surface area contributed by atoms with Crippen molar-refractivity contribution in [2.75, 3.05) is 32.1 Å². The summed E-state index contributed by atoms with van der Waals surface area (Å²) < 4.78 is 7.90. The molecule has 0 saturated carbocycles. The number of hydrogen-bond acceptors (Lipinski definition) is 5. The summed E-state index contributed by atoms with van der Waals surface area (Å²) in [6, 6.07) is 9.38. The number of carbonyl (C=O) groups excluding carboxylic acids is 1. The van der Waals surface area contributed by atoms with Crippen LogP contribution in [0.2, 0.25) is 0 Å². The largest absolute Gasteiger partial charge is 0.485 e. The molecule has 2 aromatic heterocycles. The number of carbonyl (C=O) groups is 1. The predicted molar refractivity (Wildman–Crippen MR) is 99.6 cm³/mol. The maximum Gasteiger partial charge on any atom is 0.260 e. The van der Waals surface area contributed by atoms with Crippen LogP contribution >= 0.6 is 0 Å². The zero-order chi connectivity index (χ0) is 18.3. The van der Waals surface area contributed by atoms with Gasteiger partial charge < -0.3 is 19.1 Å². The van der Waals surface area contributed by atoms with E-state index in [0.29, 0.717) is 23.3 Å². The van der Waals surface area contributed by atoms with E-state index >= 15 is 0 Å². The number of aryl methyl sites for hydroxylation is 1. The number of hydrogen-bond donors (Lipinski definition) is 0. The van der Waals surface area contributed by atoms with Crippen molar-refractivity contribution in [1.29, 1.82) is 0 Å². The van der Waals surface area contributed by atoms with E-state index in [4.69, 9.17) is 4.74 Å². The smallest absolute Gasteiger partial charge is 0.260 e. The average molecular weight is 351 g/mol. The van der Waals surface area contributed by atoms with Crippen LogP contribution in [0.15, 0.2) is 42.9 Å². The van der Waals surface area contributed by atoms with Crippen molar-refractivity contribution in [2.24, 2.45) is 7.05 Å². The minimum absolute atomic E-state index is 0.0874. The van der Waals surface area contributed by atoms with E-state index in [1.165, 1.54) is 0 Å². The fourth-order valence-corrected chi connectivity index (χ4v) is 3.34. The fourth-order valence-electron chi connectivity index (χ4n) is 3.34. The van der Waals surface area contributed by atoms with Crippen LogP contribution in [0.5, 0.6) is 5.75 Å². The van der Waals surface area contributed by atoms with Gasteiger partial charge in [-0.25, -0.2) is 9.97 Å². The van der Waals surface area contributed by atoms with Gasteiger partial charge >= 0.3 is 0 Å². The van der Waals surface area contributed by atoms with Crippen LogP contribution in [0.3, 0.4) is 0 Å². The zero-order valence-electron chi connectivity index (χ0n) is 15.1. The molecule has 1 unspecified atom stereocenters. The first-order valence-corrected chi connectivity index (χ1v) is 8.53. The summed E-state index contributed by atoms with van der Waals surface area (Å²) in [7, 11) is 5.86. The number of benzene rings is 1. The highest BCUT2D eigenvalue weighted by atomic mass is 16.5. The highest BCUT2D eigenvalue weighted by Gasteiger charge is 2.31. The third kappa shape index (κ3) is 2.80. The molecular weight excluding hydrogens is 330 g/mol.